The summed E-state index contributed by atoms with van der Waals surface area (Å²) >= 11 is 0. The zero-order chi connectivity index (χ0) is 39.0. The van der Waals surface area contributed by atoms with E-state index in [1.807, 2.05) is 25.1 Å². The molecule has 2 aromatic rings. The van der Waals surface area contributed by atoms with Gasteiger partial charge in [-0.3, -0.25) is 4.79 Å². The van der Waals surface area contributed by atoms with Crippen molar-refractivity contribution in [1.29, 1.82) is 0 Å². The van der Waals surface area contributed by atoms with Crippen molar-refractivity contribution in [3.63, 3.8) is 0 Å². The number of phenolic OH excluding ortho intramolecular Hbond substituents is 1. The number of benzene rings is 2. The molecule has 0 aliphatic heterocycles. The lowest BCUT2D eigenvalue weighted by molar-refractivity contribution is -0.137. The van der Waals surface area contributed by atoms with Crippen LogP contribution in [0.3, 0.4) is 0 Å². The number of aliphatic hydroxyl groups is 4. The zero-order valence-corrected chi connectivity index (χ0v) is 33.0. The van der Waals surface area contributed by atoms with Crippen LogP contribution in [0.25, 0.3) is 0 Å². The molecular weight excluding hydrogens is 679 g/mol. The highest BCUT2D eigenvalue weighted by Crippen LogP contribution is 2.48. The molecule has 0 bridgehead atoms. The molecule has 2 aliphatic rings. The van der Waals surface area contributed by atoms with E-state index < -0.39 is 29.2 Å². The van der Waals surface area contributed by atoms with Gasteiger partial charge in [-0.05, 0) is 117 Å². The van der Waals surface area contributed by atoms with Gasteiger partial charge in [-0.15, -0.1) is 0 Å². The number of carboxylic acids is 1. The standard InChI is InChI=1S/C46H69NO7/c1-3-4-7-17-39(49)26-23-36-21-19-34-14-10-11-15-35(34)20-22-37(16-8-5-9-18-43(52)53)44(42(36)31-41(51)32-48)47-33-45(2,54)46(29-12-6-13-30-46)38-24-27-40(50)28-25-38/h10-11,14-15,23-28,37,39,41,44,47-51,54H,3-9,12-13,16-22,29-33H2,1-2H3,(H,52,53). The summed E-state index contributed by atoms with van der Waals surface area (Å²) in [5.41, 5.74) is 3.98. The molecular formula is C46H69NO7. The number of aromatic hydroxyl groups is 1. The summed E-state index contributed by atoms with van der Waals surface area (Å²) in [7, 11) is 0. The van der Waals surface area contributed by atoms with E-state index in [1.54, 1.807) is 12.1 Å². The van der Waals surface area contributed by atoms with Crippen LogP contribution in [0.2, 0.25) is 0 Å². The maximum Gasteiger partial charge on any atom is 0.303 e. The fraction of sp³-hybridized carbons (Fsp3) is 0.630. The summed E-state index contributed by atoms with van der Waals surface area (Å²) in [4.78, 5) is 11.3. The molecule has 8 heteroatoms. The average Bonchev–Trinajstić information content (AvgIpc) is 3.16. The van der Waals surface area contributed by atoms with Crippen molar-refractivity contribution in [3.8, 4) is 5.75 Å². The van der Waals surface area contributed by atoms with Crippen molar-refractivity contribution in [2.24, 2.45) is 5.92 Å². The van der Waals surface area contributed by atoms with E-state index in [-0.39, 0.29) is 37.2 Å². The predicted octanol–water partition coefficient (Wildman–Crippen LogP) is 8.07. The number of rotatable bonds is 20. The minimum absolute atomic E-state index is 0.0894. The second-order valence-electron chi connectivity index (χ2n) is 16.4. The zero-order valence-electron chi connectivity index (χ0n) is 33.0. The predicted molar refractivity (Wildman–Crippen MR) is 217 cm³/mol. The monoisotopic (exact) mass is 748 g/mol. The molecule has 0 aromatic heterocycles. The van der Waals surface area contributed by atoms with E-state index in [4.69, 9.17) is 0 Å². The topological polar surface area (TPSA) is 150 Å². The van der Waals surface area contributed by atoms with Gasteiger partial charge in [0.05, 0.1) is 24.4 Å². The Hall–Kier alpha value is -3.01. The van der Waals surface area contributed by atoms with Crippen LogP contribution in [-0.2, 0) is 23.1 Å². The molecule has 0 amide bonds. The molecule has 7 N–H and O–H groups in total. The number of unbranched alkanes of at least 4 members (excludes halogenated alkanes) is 4. The highest BCUT2D eigenvalue weighted by Gasteiger charge is 2.49. The highest BCUT2D eigenvalue weighted by atomic mass is 16.4. The Labute approximate surface area is 324 Å². The molecule has 4 rings (SSSR count). The van der Waals surface area contributed by atoms with Gasteiger partial charge in [0.15, 0.2) is 0 Å². The lowest BCUT2D eigenvalue weighted by atomic mass is 9.60. The van der Waals surface area contributed by atoms with Gasteiger partial charge < -0.3 is 36.0 Å². The van der Waals surface area contributed by atoms with Gasteiger partial charge in [0.1, 0.15) is 5.75 Å². The van der Waals surface area contributed by atoms with Crippen LogP contribution in [0.1, 0.15) is 140 Å². The minimum Gasteiger partial charge on any atom is -0.508 e. The van der Waals surface area contributed by atoms with Crippen molar-refractivity contribution in [1.82, 2.24) is 5.32 Å². The number of aryl methyl sites for hydroxylation is 2. The fourth-order valence-electron chi connectivity index (χ4n) is 9.17. The molecule has 2 aromatic carbocycles. The van der Waals surface area contributed by atoms with E-state index in [0.29, 0.717) is 25.8 Å². The van der Waals surface area contributed by atoms with Gasteiger partial charge >= 0.3 is 5.97 Å². The van der Waals surface area contributed by atoms with E-state index in [1.165, 1.54) is 11.1 Å². The van der Waals surface area contributed by atoms with Crippen molar-refractivity contribution < 1.29 is 35.4 Å². The number of fused-ring (bicyclic) bond motifs is 1. The van der Waals surface area contributed by atoms with Crippen LogP contribution >= 0.6 is 0 Å². The molecule has 0 heterocycles. The first-order chi connectivity index (χ1) is 26.0. The lowest BCUT2D eigenvalue weighted by Crippen LogP contribution is -2.58. The van der Waals surface area contributed by atoms with Crippen LogP contribution in [0, 0.1) is 5.92 Å². The second-order valence-corrected chi connectivity index (χ2v) is 16.4. The number of aliphatic hydroxyl groups excluding tert-OH is 3. The van der Waals surface area contributed by atoms with E-state index in [0.717, 1.165) is 107 Å². The summed E-state index contributed by atoms with van der Waals surface area (Å²) < 4.78 is 0. The smallest absolute Gasteiger partial charge is 0.303 e. The molecule has 8 nitrogen and oxygen atoms in total. The van der Waals surface area contributed by atoms with Crippen molar-refractivity contribution in [3.05, 3.63) is 88.5 Å². The molecule has 300 valence electrons. The number of allylic oxidation sites excluding steroid dienone is 2. The van der Waals surface area contributed by atoms with Gasteiger partial charge in [-0.1, -0.05) is 107 Å². The Balaban J connectivity index is 1.81. The Bertz CT molecular complexity index is 1480. The molecule has 0 saturated heterocycles. The quantitative estimate of drug-likeness (QED) is 0.0673. The summed E-state index contributed by atoms with van der Waals surface area (Å²) in [5, 5.41) is 68.4. The Morgan fingerprint density at radius 3 is 2.31 bits per heavy atom. The van der Waals surface area contributed by atoms with E-state index in [2.05, 4.69) is 42.6 Å². The van der Waals surface area contributed by atoms with Crippen LogP contribution in [-0.4, -0.2) is 73.6 Å². The first-order valence-corrected chi connectivity index (χ1v) is 20.9. The third kappa shape index (κ3) is 12.5. The van der Waals surface area contributed by atoms with E-state index in [9.17, 15) is 35.4 Å². The summed E-state index contributed by atoms with van der Waals surface area (Å²) in [6, 6.07) is 15.7. The Kier molecular flexibility index (Phi) is 17.7. The van der Waals surface area contributed by atoms with Crippen LogP contribution in [0.4, 0.5) is 0 Å². The van der Waals surface area contributed by atoms with Crippen molar-refractivity contribution in [2.45, 2.75) is 165 Å². The summed E-state index contributed by atoms with van der Waals surface area (Å²) in [5.74, 6) is -0.495. The Morgan fingerprint density at radius 2 is 1.65 bits per heavy atom. The fourth-order valence-corrected chi connectivity index (χ4v) is 9.17. The second kappa shape index (κ2) is 21.9. The van der Waals surface area contributed by atoms with Gasteiger partial charge in [-0.25, -0.2) is 0 Å². The van der Waals surface area contributed by atoms with Gasteiger partial charge in [0.25, 0.3) is 0 Å². The number of aliphatic carboxylic acids is 1. The molecule has 1 saturated carbocycles. The van der Waals surface area contributed by atoms with Crippen molar-refractivity contribution >= 4 is 5.97 Å². The van der Waals surface area contributed by atoms with Crippen molar-refractivity contribution in [2.75, 3.05) is 13.2 Å². The lowest BCUT2D eigenvalue weighted by Gasteiger charge is -2.49. The molecule has 2 aliphatic carbocycles. The number of phenols is 1. The summed E-state index contributed by atoms with van der Waals surface area (Å²) in [6.07, 6.45) is 17.6. The number of hydrogen-bond acceptors (Lipinski definition) is 7. The molecule has 5 unspecified atom stereocenters. The first-order valence-electron chi connectivity index (χ1n) is 20.9. The molecule has 0 radical (unpaired) electrons. The number of nitrogens with one attached hydrogen (secondary N) is 1. The van der Waals surface area contributed by atoms with Gasteiger partial charge in [-0.2, -0.15) is 0 Å². The highest BCUT2D eigenvalue weighted by molar-refractivity contribution is 5.66. The average molecular weight is 748 g/mol. The number of hydrogen-bond donors (Lipinski definition) is 7. The molecule has 54 heavy (non-hydrogen) atoms. The van der Waals surface area contributed by atoms with Crippen LogP contribution in [0.5, 0.6) is 5.75 Å². The SMILES string of the molecule is CCCCCC(O)C=CC1=C(CC(O)CO)C(NCC(C)(O)C2(c3ccc(O)cc3)CCCCC2)C(CCCCCC(=O)O)CCc2ccccc2CC1. The molecule has 0 spiro atoms. The largest absolute Gasteiger partial charge is 0.508 e. The van der Waals surface area contributed by atoms with E-state index >= 15 is 0 Å². The molecule has 1 fully saturated rings. The third-order valence-corrected chi connectivity index (χ3v) is 12.4. The van der Waals surface area contributed by atoms with Gasteiger partial charge in [0, 0.05) is 24.4 Å². The maximum atomic E-state index is 12.7. The third-order valence-electron chi connectivity index (χ3n) is 12.4. The normalized spacial score (nSPS) is 21.7. The summed E-state index contributed by atoms with van der Waals surface area (Å²) in [6.45, 7) is 4.00. The number of carboxylic acid groups (broad SMARTS) is 1. The first kappa shape index (κ1) is 43.7. The number of carbonyl (C=O) groups is 1. The maximum absolute atomic E-state index is 12.7. The minimum atomic E-state index is -1.16. The Morgan fingerprint density at radius 1 is 0.944 bits per heavy atom. The molecule has 5 atom stereocenters. The van der Waals surface area contributed by atoms with Crippen LogP contribution < -0.4 is 5.32 Å². The van der Waals surface area contributed by atoms with Crippen LogP contribution in [0.15, 0.2) is 71.8 Å². The van der Waals surface area contributed by atoms with Gasteiger partial charge in [0.2, 0.25) is 0 Å².